The summed E-state index contributed by atoms with van der Waals surface area (Å²) in [5.41, 5.74) is 2.37. The van der Waals surface area contributed by atoms with E-state index in [1.165, 1.54) is 31.2 Å². The van der Waals surface area contributed by atoms with Crippen LogP contribution in [0.25, 0.3) is 0 Å². The predicted octanol–water partition coefficient (Wildman–Crippen LogP) is 4.48. The average molecular weight is 277 g/mol. The average Bonchev–Trinajstić information content (AvgIpc) is 2.83. The Morgan fingerprint density at radius 1 is 1.35 bits per heavy atom. The highest BCUT2D eigenvalue weighted by Gasteiger charge is 2.28. The highest BCUT2D eigenvalue weighted by Crippen LogP contribution is 2.34. The first-order valence-electron chi connectivity index (χ1n) is 8.08. The van der Waals surface area contributed by atoms with Gasteiger partial charge in [-0.15, -0.1) is 0 Å². The van der Waals surface area contributed by atoms with Gasteiger partial charge in [0.05, 0.1) is 0 Å². The van der Waals surface area contributed by atoms with Gasteiger partial charge in [0.1, 0.15) is 5.82 Å². The molecule has 112 valence electrons. The maximum atomic E-state index is 13.2. The number of rotatable bonds is 6. The van der Waals surface area contributed by atoms with Gasteiger partial charge in [0, 0.05) is 6.04 Å². The van der Waals surface area contributed by atoms with Crippen molar-refractivity contribution >= 4 is 0 Å². The first-order valence-corrected chi connectivity index (χ1v) is 8.08. The van der Waals surface area contributed by atoms with E-state index in [9.17, 15) is 4.39 Å². The molecule has 20 heavy (non-hydrogen) atoms. The van der Waals surface area contributed by atoms with Crippen molar-refractivity contribution in [3.63, 3.8) is 0 Å². The quantitative estimate of drug-likeness (QED) is 0.808. The van der Waals surface area contributed by atoms with Crippen molar-refractivity contribution in [3.8, 4) is 0 Å². The number of benzene rings is 1. The van der Waals surface area contributed by atoms with Crippen LogP contribution in [0.3, 0.4) is 0 Å². The van der Waals surface area contributed by atoms with Crippen molar-refractivity contribution in [2.24, 2.45) is 11.8 Å². The van der Waals surface area contributed by atoms with E-state index < -0.39 is 0 Å². The molecule has 3 unspecified atom stereocenters. The van der Waals surface area contributed by atoms with Crippen LogP contribution in [-0.4, -0.2) is 12.6 Å². The Balaban J connectivity index is 2.06. The van der Waals surface area contributed by atoms with Crippen LogP contribution < -0.4 is 5.32 Å². The van der Waals surface area contributed by atoms with Gasteiger partial charge in [0.15, 0.2) is 0 Å². The van der Waals surface area contributed by atoms with Crippen molar-refractivity contribution in [1.82, 2.24) is 5.32 Å². The third-order valence-electron chi connectivity index (χ3n) is 4.71. The SMILES string of the molecule is CCCNC(Cc1ccc(F)cc1C)C1CCC(C)C1. The van der Waals surface area contributed by atoms with Crippen LogP contribution in [0.2, 0.25) is 0 Å². The summed E-state index contributed by atoms with van der Waals surface area (Å²) in [6.07, 6.45) is 6.23. The topological polar surface area (TPSA) is 12.0 Å². The summed E-state index contributed by atoms with van der Waals surface area (Å²) in [6, 6.07) is 5.76. The Bertz CT molecular complexity index is 429. The standard InChI is InChI=1S/C18H28FN/c1-4-9-20-18(16-6-5-13(2)10-16)12-15-7-8-17(19)11-14(15)3/h7-8,11,13,16,18,20H,4-6,9-10,12H2,1-3H3. The molecule has 1 fully saturated rings. The smallest absolute Gasteiger partial charge is 0.123 e. The van der Waals surface area contributed by atoms with Crippen molar-refractivity contribution in [1.29, 1.82) is 0 Å². The third-order valence-corrected chi connectivity index (χ3v) is 4.71. The van der Waals surface area contributed by atoms with Gasteiger partial charge in [0.25, 0.3) is 0 Å². The van der Waals surface area contributed by atoms with Gasteiger partial charge in [-0.05, 0) is 74.2 Å². The maximum Gasteiger partial charge on any atom is 0.123 e. The highest BCUT2D eigenvalue weighted by atomic mass is 19.1. The normalized spacial score (nSPS) is 24.0. The van der Waals surface area contributed by atoms with Crippen molar-refractivity contribution in [3.05, 3.63) is 35.1 Å². The van der Waals surface area contributed by atoms with Gasteiger partial charge in [-0.3, -0.25) is 0 Å². The minimum atomic E-state index is -0.126. The van der Waals surface area contributed by atoms with Crippen molar-refractivity contribution in [2.45, 2.75) is 58.9 Å². The molecule has 3 atom stereocenters. The van der Waals surface area contributed by atoms with E-state index in [0.717, 1.165) is 30.4 Å². The Morgan fingerprint density at radius 2 is 2.15 bits per heavy atom. The monoisotopic (exact) mass is 277 g/mol. The van der Waals surface area contributed by atoms with Crippen molar-refractivity contribution < 1.29 is 4.39 Å². The minimum absolute atomic E-state index is 0.126. The summed E-state index contributed by atoms with van der Waals surface area (Å²) in [4.78, 5) is 0. The molecule has 1 aromatic rings. The van der Waals surface area contributed by atoms with Crippen LogP contribution in [0, 0.1) is 24.6 Å². The lowest BCUT2D eigenvalue weighted by Gasteiger charge is -2.26. The first-order chi connectivity index (χ1) is 9.60. The highest BCUT2D eigenvalue weighted by molar-refractivity contribution is 5.27. The number of hydrogen-bond acceptors (Lipinski definition) is 1. The van der Waals surface area contributed by atoms with Crippen LogP contribution in [0.1, 0.15) is 50.7 Å². The van der Waals surface area contributed by atoms with E-state index in [1.54, 1.807) is 12.1 Å². The molecule has 1 nitrogen and oxygen atoms in total. The molecule has 0 amide bonds. The van der Waals surface area contributed by atoms with Gasteiger partial charge in [-0.25, -0.2) is 4.39 Å². The molecular formula is C18H28FN. The number of aryl methyl sites for hydroxylation is 1. The van der Waals surface area contributed by atoms with E-state index in [1.807, 2.05) is 13.0 Å². The van der Waals surface area contributed by atoms with Crippen LogP contribution in [0.5, 0.6) is 0 Å². The van der Waals surface area contributed by atoms with Crippen LogP contribution in [-0.2, 0) is 6.42 Å². The summed E-state index contributed by atoms with van der Waals surface area (Å²) >= 11 is 0. The molecular weight excluding hydrogens is 249 g/mol. The molecule has 1 aliphatic rings. The molecule has 1 aliphatic carbocycles. The van der Waals surface area contributed by atoms with E-state index >= 15 is 0 Å². The fourth-order valence-corrected chi connectivity index (χ4v) is 3.48. The number of halogens is 1. The molecule has 1 N–H and O–H groups in total. The summed E-state index contributed by atoms with van der Waals surface area (Å²) in [6.45, 7) is 7.67. The summed E-state index contributed by atoms with van der Waals surface area (Å²) in [5, 5.41) is 3.73. The second kappa shape index (κ2) is 7.21. The minimum Gasteiger partial charge on any atom is -0.313 e. The zero-order valence-electron chi connectivity index (χ0n) is 13.1. The molecule has 0 heterocycles. The van der Waals surface area contributed by atoms with Crippen molar-refractivity contribution in [2.75, 3.05) is 6.54 Å². The van der Waals surface area contributed by atoms with Crippen LogP contribution in [0.4, 0.5) is 4.39 Å². The molecule has 1 saturated carbocycles. The van der Waals surface area contributed by atoms with E-state index in [4.69, 9.17) is 0 Å². The summed E-state index contributed by atoms with van der Waals surface area (Å²) in [5.74, 6) is 1.51. The van der Waals surface area contributed by atoms with Gasteiger partial charge < -0.3 is 5.32 Å². The number of nitrogens with one attached hydrogen (secondary N) is 1. The molecule has 1 aromatic carbocycles. The third kappa shape index (κ3) is 4.05. The van der Waals surface area contributed by atoms with Gasteiger partial charge in [-0.1, -0.05) is 26.3 Å². The molecule has 0 aromatic heterocycles. The molecule has 0 bridgehead atoms. The molecule has 0 saturated heterocycles. The summed E-state index contributed by atoms with van der Waals surface area (Å²) < 4.78 is 13.2. The van der Waals surface area contributed by atoms with Crippen LogP contribution in [0.15, 0.2) is 18.2 Å². The Kier molecular flexibility index (Phi) is 5.59. The molecule has 0 radical (unpaired) electrons. The molecule has 2 heteroatoms. The zero-order chi connectivity index (χ0) is 14.5. The van der Waals surface area contributed by atoms with Gasteiger partial charge in [0.2, 0.25) is 0 Å². The second-order valence-corrected chi connectivity index (χ2v) is 6.51. The molecule has 0 aliphatic heterocycles. The predicted molar refractivity (Wildman–Crippen MR) is 83.4 cm³/mol. The Labute approximate surface area is 123 Å². The maximum absolute atomic E-state index is 13.2. The van der Waals surface area contributed by atoms with Crippen LogP contribution >= 0.6 is 0 Å². The fraction of sp³-hybridized carbons (Fsp3) is 0.667. The molecule has 0 spiro atoms. The van der Waals surface area contributed by atoms with E-state index in [-0.39, 0.29) is 5.82 Å². The second-order valence-electron chi connectivity index (χ2n) is 6.51. The largest absolute Gasteiger partial charge is 0.313 e. The Morgan fingerprint density at radius 3 is 2.75 bits per heavy atom. The number of hydrogen-bond donors (Lipinski definition) is 1. The Hall–Kier alpha value is -0.890. The lowest BCUT2D eigenvalue weighted by atomic mass is 9.90. The lowest BCUT2D eigenvalue weighted by molar-refractivity contribution is 0.348. The first kappa shape index (κ1) is 15.5. The van der Waals surface area contributed by atoms with E-state index in [2.05, 4.69) is 19.2 Å². The zero-order valence-corrected chi connectivity index (χ0v) is 13.1. The fourth-order valence-electron chi connectivity index (χ4n) is 3.48. The molecule has 2 rings (SSSR count). The van der Waals surface area contributed by atoms with Gasteiger partial charge in [-0.2, -0.15) is 0 Å². The van der Waals surface area contributed by atoms with Gasteiger partial charge >= 0.3 is 0 Å². The summed E-state index contributed by atoms with van der Waals surface area (Å²) in [7, 11) is 0. The lowest BCUT2D eigenvalue weighted by Crippen LogP contribution is -2.37. The van der Waals surface area contributed by atoms with E-state index in [0.29, 0.717) is 6.04 Å².